The number of hydrogen-bond donors (Lipinski definition) is 2. The van der Waals surface area contributed by atoms with E-state index in [4.69, 9.17) is 10.0 Å². The van der Waals surface area contributed by atoms with Crippen molar-refractivity contribution >= 4 is 7.69 Å². The van der Waals surface area contributed by atoms with Crippen LogP contribution < -0.4 is 0 Å². The Labute approximate surface area is 157 Å². The molecule has 2 nitrogen and oxygen atoms in total. The Morgan fingerprint density at radius 3 is 1.06 bits per heavy atom. The van der Waals surface area contributed by atoms with Crippen LogP contribution >= 0.6 is 0 Å². The fourth-order valence-electron chi connectivity index (χ4n) is 3.21. The standard InChI is InChI=1S/C12H22.BH2O2.2Y/c1-3-7-11(8-4-1)12-9-5-2-6-10-12;2-1-3;;/h11-12H,1-10H2;2-3H;;/q;-1;;. The molecule has 2 rings (SSSR count). The molecule has 2 saturated carbocycles. The van der Waals surface area contributed by atoms with Gasteiger partial charge in [0.25, 0.3) is 0 Å². The second-order valence-corrected chi connectivity index (χ2v) is 4.91. The van der Waals surface area contributed by atoms with Crippen LogP contribution in [0.15, 0.2) is 0 Å². The molecular formula is C12H24BO2Y2-. The van der Waals surface area contributed by atoms with Crippen LogP contribution in [0, 0.1) is 11.8 Å². The van der Waals surface area contributed by atoms with Gasteiger partial charge in [0.2, 0.25) is 0 Å². The summed E-state index contributed by atoms with van der Waals surface area (Å²) in [6, 6.07) is 0. The molecular weight excluding hydrogens is 365 g/mol. The Morgan fingerprint density at radius 2 is 0.824 bits per heavy atom. The van der Waals surface area contributed by atoms with E-state index in [1.54, 1.807) is 25.7 Å². The fourth-order valence-corrected chi connectivity index (χ4v) is 3.21. The van der Waals surface area contributed by atoms with Crippen molar-refractivity contribution in [3.63, 3.8) is 0 Å². The van der Waals surface area contributed by atoms with Gasteiger partial charge in [-0.05, 0) is 19.5 Å². The molecule has 0 spiro atoms. The molecule has 2 fully saturated rings. The van der Waals surface area contributed by atoms with Crippen LogP contribution in [0.1, 0.15) is 64.2 Å². The molecule has 0 unspecified atom stereocenters. The molecule has 0 aliphatic heterocycles. The molecule has 0 atom stereocenters. The minimum atomic E-state index is 0. The first kappa shape index (κ1) is 21.5. The second kappa shape index (κ2) is 14.6. The van der Waals surface area contributed by atoms with Crippen LogP contribution in [0.25, 0.3) is 0 Å². The molecule has 0 saturated heterocycles. The third kappa shape index (κ3) is 9.69. The molecule has 4 radical (unpaired) electrons. The third-order valence-corrected chi connectivity index (χ3v) is 3.97. The predicted molar refractivity (Wildman–Crippen MR) is 63.3 cm³/mol. The van der Waals surface area contributed by atoms with Crippen molar-refractivity contribution in [3.05, 3.63) is 0 Å². The van der Waals surface area contributed by atoms with Crippen molar-refractivity contribution in [3.8, 4) is 0 Å². The maximum Gasteiger partial charge on any atom is 0 e. The van der Waals surface area contributed by atoms with Crippen molar-refractivity contribution in [2.45, 2.75) is 64.2 Å². The normalized spacial score (nSPS) is 21.5. The van der Waals surface area contributed by atoms with Gasteiger partial charge in [-0.3, -0.25) is 0 Å². The molecule has 17 heavy (non-hydrogen) atoms. The molecule has 5 heteroatoms. The first-order valence-corrected chi connectivity index (χ1v) is 6.48. The Balaban J connectivity index is 0. The quantitative estimate of drug-likeness (QED) is 0.678. The smallest absolute Gasteiger partial charge is 0 e. The van der Waals surface area contributed by atoms with E-state index < -0.39 is 0 Å². The van der Waals surface area contributed by atoms with Gasteiger partial charge in [0.15, 0.2) is 0 Å². The van der Waals surface area contributed by atoms with Crippen LogP contribution in [-0.2, 0) is 65.4 Å². The number of hydrogen-bond acceptors (Lipinski definition) is 2. The minimum Gasteiger partial charge on any atom is -0.639 e. The van der Waals surface area contributed by atoms with Gasteiger partial charge in [-0.15, -0.1) is 0 Å². The molecule has 0 aromatic heterocycles. The minimum absolute atomic E-state index is 0. The SMILES string of the molecule is C1CCC(C2CCCCC2)CC1.O[B-]O.[Y].[Y]. The zero-order valence-electron chi connectivity index (χ0n) is 10.9. The van der Waals surface area contributed by atoms with Gasteiger partial charge in [-0.25, -0.2) is 0 Å². The second-order valence-electron chi connectivity index (χ2n) is 4.91. The average Bonchev–Trinajstić information content (AvgIpc) is 2.32. The van der Waals surface area contributed by atoms with E-state index in [9.17, 15) is 0 Å². The summed E-state index contributed by atoms with van der Waals surface area (Å²) < 4.78 is 0. The molecule has 0 aromatic rings. The van der Waals surface area contributed by atoms with Gasteiger partial charge < -0.3 is 10.0 Å². The van der Waals surface area contributed by atoms with Gasteiger partial charge in [-0.1, -0.05) is 64.2 Å². The zero-order valence-corrected chi connectivity index (χ0v) is 16.5. The molecule has 0 heterocycles. The fraction of sp³-hybridized carbons (Fsp3) is 1.00. The van der Waals surface area contributed by atoms with Crippen LogP contribution in [0.5, 0.6) is 0 Å². The first-order valence-electron chi connectivity index (χ1n) is 6.48. The van der Waals surface area contributed by atoms with Crippen LogP contribution in [0.2, 0.25) is 0 Å². The van der Waals surface area contributed by atoms with Gasteiger partial charge in [-0.2, -0.15) is 0 Å². The summed E-state index contributed by atoms with van der Waals surface area (Å²) >= 11 is 0. The van der Waals surface area contributed by atoms with Crippen LogP contribution in [0.4, 0.5) is 0 Å². The van der Waals surface area contributed by atoms with E-state index in [0.29, 0.717) is 0 Å². The van der Waals surface area contributed by atoms with Crippen LogP contribution in [-0.4, -0.2) is 17.7 Å². The van der Waals surface area contributed by atoms with Crippen molar-refractivity contribution in [1.29, 1.82) is 0 Å². The Kier molecular flexibility index (Phi) is 18.5. The molecule has 2 aliphatic carbocycles. The maximum absolute atomic E-state index is 7.00. The van der Waals surface area contributed by atoms with E-state index in [2.05, 4.69) is 0 Å². The van der Waals surface area contributed by atoms with Crippen molar-refractivity contribution in [2.75, 3.05) is 0 Å². The summed E-state index contributed by atoms with van der Waals surface area (Å²) in [5.41, 5.74) is 0. The van der Waals surface area contributed by atoms with Crippen molar-refractivity contribution in [2.24, 2.45) is 11.8 Å². The Morgan fingerprint density at radius 1 is 0.588 bits per heavy atom. The first-order chi connectivity index (χ1) is 7.38. The summed E-state index contributed by atoms with van der Waals surface area (Å²) in [5.74, 6) is 2.28. The van der Waals surface area contributed by atoms with Crippen LogP contribution in [0.3, 0.4) is 0 Å². The molecule has 0 bridgehead atoms. The summed E-state index contributed by atoms with van der Waals surface area (Å²) in [5, 5.41) is 14.0. The maximum atomic E-state index is 7.00. The van der Waals surface area contributed by atoms with Gasteiger partial charge in [0, 0.05) is 65.4 Å². The number of rotatable bonds is 1. The van der Waals surface area contributed by atoms with Crippen molar-refractivity contribution in [1.82, 2.24) is 0 Å². The van der Waals surface area contributed by atoms with E-state index in [-0.39, 0.29) is 73.1 Å². The van der Waals surface area contributed by atoms with Gasteiger partial charge in [0.05, 0.1) is 0 Å². The molecule has 0 aromatic carbocycles. The zero-order chi connectivity index (χ0) is 10.9. The topological polar surface area (TPSA) is 40.5 Å². The largest absolute Gasteiger partial charge is 0.639 e. The van der Waals surface area contributed by atoms with E-state index in [1.807, 2.05) is 0 Å². The third-order valence-electron chi connectivity index (χ3n) is 3.97. The average molecular weight is 389 g/mol. The van der Waals surface area contributed by atoms with E-state index >= 15 is 0 Å². The van der Waals surface area contributed by atoms with Gasteiger partial charge >= 0.3 is 0 Å². The molecule has 0 amide bonds. The van der Waals surface area contributed by atoms with Crippen molar-refractivity contribution < 1.29 is 75.5 Å². The monoisotopic (exact) mass is 389 g/mol. The summed E-state index contributed by atoms with van der Waals surface area (Å²) in [6.07, 6.45) is 15.4. The predicted octanol–water partition coefficient (Wildman–Crippen LogP) is 2.65. The van der Waals surface area contributed by atoms with E-state index in [0.717, 1.165) is 11.8 Å². The van der Waals surface area contributed by atoms with E-state index in [1.165, 1.54) is 38.5 Å². The Bertz CT molecular complexity index is 133. The Hall–Kier alpha value is 2.19. The molecule has 2 aliphatic rings. The molecule has 94 valence electrons. The molecule has 2 N–H and O–H groups in total. The summed E-state index contributed by atoms with van der Waals surface area (Å²) in [6.45, 7) is 0. The summed E-state index contributed by atoms with van der Waals surface area (Å²) in [4.78, 5) is 0. The summed E-state index contributed by atoms with van der Waals surface area (Å²) in [7, 11) is 0. The van der Waals surface area contributed by atoms with Gasteiger partial charge in [0.1, 0.15) is 0 Å².